The van der Waals surface area contributed by atoms with Crippen LogP contribution < -0.4 is 0 Å². The highest BCUT2D eigenvalue weighted by Gasteiger charge is 2.39. The fourth-order valence-electron chi connectivity index (χ4n) is 16.0. The first-order valence-electron chi connectivity index (χ1n) is 57.3. The van der Waals surface area contributed by atoms with Crippen molar-refractivity contribution < 1.29 is 0 Å². The molecule has 0 atom stereocenters. The van der Waals surface area contributed by atoms with Crippen molar-refractivity contribution in [2.75, 3.05) is 0 Å². The van der Waals surface area contributed by atoms with Crippen LogP contribution in [0.5, 0.6) is 0 Å². The van der Waals surface area contributed by atoms with E-state index in [9.17, 15) is 0 Å². The van der Waals surface area contributed by atoms with Gasteiger partial charge in [-0.1, -0.05) is 676 Å². The van der Waals surface area contributed by atoms with Gasteiger partial charge in [0.05, 0.1) is 0 Å². The van der Waals surface area contributed by atoms with Gasteiger partial charge in [-0.15, -0.1) is 0 Å². The lowest BCUT2D eigenvalue weighted by Crippen LogP contribution is -2.07. The van der Waals surface area contributed by atoms with Crippen LogP contribution in [0.3, 0.4) is 0 Å². The third-order valence-electron chi connectivity index (χ3n) is 23.0. The van der Waals surface area contributed by atoms with Gasteiger partial charge in [-0.3, -0.25) is 0 Å². The second-order valence-electron chi connectivity index (χ2n) is 54.1. The Morgan fingerprint density at radius 2 is 0.206 bits per heavy atom. The van der Waals surface area contributed by atoms with E-state index in [-0.39, 0.29) is 7.43 Å². The minimum atomic E-state index is 0. The molecule has 12 aliphatic rings. The van der Waals surface area contributed by atoms with Crippen molar-refractivity contribution in [2.24, 2.45) is 133 Å². The normalized spacial score (nSPS) is 23.8. The van der Waals surface area contributed by atoms with Crippen LogP contribution in [0.15, 0.2) is 0 Å². The lowest BCUT2D eigenvalue weighted by atomic mass is 9.92. The molecular weight excluding hydrogens is 1510 g/mol. The van der Waals surface area contributed by atoms with Crippen LogP contribution in [0, 0.1) is 133 Å². The van der Waals surface area contributed by atoms with Crippen LogP contribution in [0.4, 0.5) is 0 Å². The fraction of sp³-hybridized carbons (Fsp3) is 1.00. The Hall–Kier alpha value is 0. The highest BCUT2D eigenvalue weighted by Crippen LogP contribution is 2.46. The second-order valence-corrected chi connectivity index (χ2v) is 54.1. The van der Waals surface area contributed by atoms with Crippen LogP contribution in [-0.4, -0.2) is 0 Å². The molecule has 0 bridgehead atoms. The molecule has 12 rings (SSSR count). The smallest absolute Gasteiger partial charge is 0.0386 e. The Labute approximate surface area is 815 Å². The minimum absolute atomic E-state index is 0. The minimum Gasteiger partial charge on any atom is -0.0776 e. The zero-order chi connectivity index (χ0) is 100. The van der Waals surface area contributed by atoms with E-state index in [0.717, 1.165) is 94.7 Å². The number of rotatable bonds is 4. The molecule has 12 saturated carbocycles. The highest BCUT2D eigenvalue weighted by molar-refractivity contribution is 4.88. The number of hydrogen-bond acceptors (Lipinski definition) is 0. The SMILES string of the molecule is C.C1CCC(CC2CCCC2)C1.C1CCC(CC2CCCC2)C1.C1CCCC1.C1CCCC1.C1CCCC1.C1CCCC1.C1CCCC1.C1CCCC1.CC.CC.CC(C)(C)C.CC(C)(C)C.CC(C)(C)C.CC(C)(C)C.CC(C)(C)C.CC(C)(C)C.CC(C)(C)C.CC(C)C.CC(C)C.CC1C(C)C(C)C(C)C1C.CC1C(C)C(C)C(C)C1C.CCC.CCC. The molecule has 0 heterocycles. The lowest BCUT2D eigenvalue weighted by Gasteiger charge is -2.14. The van der Waals surface area contributed by atoms with E-state index in [0.29, 0.717) is 37.9 Å². The maximum Gasteiger partial charge on any atom is -0.0386 e. The van der Waals surface area contributed by atoms with Crippen molar-refractivity contribution in [3.05, 3.63) is 0 Å². The topological polar surface area (TPSA) is 0 Å². The molecule has 0 aromatic heterocycles. The Balaban J connectivity index is -0.000000109. The molecular formula is C126H276. The third-order valence-corrected chi connectivity index (χ3v) is 23.0. The predicted octanol–water partition coefficient (Wildman–Crippen LogP) is 48.8. The molecule has 0 N–H and O–H groups in total. The molecule has 0 aromatic rings. The maximum atomic E-state index is 2.40. The molecule has 126 heavy (non-hydrogen) atoms. The van der Waals surface area contributed by atoms with Gasteiger partial charge >= 0.3 is 0 Å². The molecule has 0 aliphatic heterocycles. The van der Waals surface area contributed by atoms with Gasteiger partial charge in [0.25, 0.3) is 0 Å². The monoisotopic (exact) mass is 1790 g/mol. The summed E-state index contributed by atoms with van der Waals surface area (Å²) < 4.78 is 0. The third kappa shape index (κ3) is 167. The van der Waals surface area contributed by atoms with Crippen molar-refractivity contribution in [3.63, 3.8) is 0 Å². The van der Waals surface area contributed by atoms with E-state index in [1.54, 1.807) is 64.2 Å². The summed E-state index contributed by atoms with van der Waals surface area (Å²) in [4.78, 5) is 0. The van der Waals surface area contributed by atoms with Crippen molar-refractivity contribution in [2.45, 2.75) is 689 Å². The van der Waals surface area contributed by atoms with Gasteiger partial charge in [0.2, 0.25) is 0 Å². The van der Waals surface area contributed by atoms with E-state index < -0.39 is 0 Å². The zero-order valence-electron chi connectivity index (χ0n) is 100. The summed E-state index contributed by atoms with van der Waals surface area (Å²) in [6.07, 6.45) is 75.3. The summed E-state index contributed by atoms with van der Waals surface area (Å²) in [5, 5.41) is 0. The van der Waals surface area contributed by atoms with Gasteiger partial charge in [-0.05, 0) is 145 Å². The quantitative estimate of drug-likeness (QED) is 0.263. The molecule has 0 amide bonds. The van der Waals surface area contributed by atoms with E-state index in [2.05, 4.69) is 332 Å². The molecule has 12 fully saturated rings. The van der Waals surface area contributed by atoms with Crippen LogP contribution in [0.2, 0.25) is 0 Å². The van der Waals surface area contributed by atoms with Crippen LogP contribution in [0.25, 0.3) is 0 Å². The second kappa shape index (κ2) is 98.1. The Morgan fingerprint density at radius 3 is 0.254 bits per heavy atom. The van der Waals surface area contributed by atoms with Crippen LogP contribution in [0.1, 0.15) is 689 Å². The zero-order valence-corrected chi connectivity index (χ0v) is 100. The first kappa shape index (κ1) is 151. The lowest BCUT2D eigenvalue weighted by molar-refractivity contribution is 0.352. The summed E-state index contributed by atoms with van der Waals surface area (Å²) >= 11 is 0. The van der Waals surface area contributed by atoms with Crippen molar-refractivity contribution in [1.82, 2.24) is 0 Å². The molecule has 780 valence electrons. The Bertz CT molecular complexity index is 1400. The first-order chi connectivity index (χ1) is 57.3. The molecule has 0 aromatic carbocycles. The highest BCUT2D eigenvalue weighted by atomic mass is 14.4. The summed E-state index contributed by atoms with van der Waals surface area (Å²) in [6, 6.07) is 0. The molecule has 0 saturated heterocycles. The number of hydrogen-bond donors (Lipinski definition) is 0. The van der Waals surface area contributed by atoms with Gasteiger partial charge in [0, 0.05) is 0 Å². The van der Waals surface area contributed by atoms with Gasteiger partial charge in [0.1, 0.15) is 0 Å². The van der Waals surface area contributed by atoms with Crippen molar-refractivity contribution in [3.8, 4) is 0 Å². The molecule has 12 aliphatic carbocycles. The van der Waals surface area contributed by atoms with Crippen molar-refractivity contribution in [1.29, 1.82) is 0 Å². The fourth-order valence-corrected chi connectivity index (χ4v) is 16.0. The molecule has 0 unspecified atom stereocenters. The standard InChI is InChI=1S/2C11H20.2C10H20.6C5H10.7C5H12.2C4H10.2C3H8.2C2H6.CH4/c2*1-2-6-10(5-1)9-11-7-3-4-8-11;2*1-6-7(2)9(4)10(5)8(6)3;6*1-2-4-5-3-1;7*1-5(2,3)4;2*1-4(2)3;2*1-3-2;2*1-2;/h2*10-11H,1-9H2;2*6-10H,1-5H3;6*1-5H2;7*1-4H3;2*4H,1-3H3;2*3H2,1-2H3;2*1-2H3;1H4. The molecule has 0 heteroatoms. The molecule has 0 nitrogen and oxygen atoms in total. The summed E-state index contributed by atoms with van der Waals surface area (Å²) in [5.74, 6) is 15.6. The van der Waals surface area contributed by atoms with E-state index in [4.69, 9.17) is 0 Å². The summed E-state index contributed by atoms with van der Waals surface area (Å²) in [7, 11) is 0. The van der Waals surface area contributed by atoms with Crippen LogP contribution in [-0.2, 0) is 0 Å². The van der Waals surface area contributed by atoms with Gasteiger partial charge in [0.15, 0.2) is 0 Å². The Kier molecular flexibility index (Phi) is 118. The van der Waals surface area contributed by atoms with Crippen LogP contribution >= 0.6 is 0 Å². The van der Waals surface area contributed by atoms with Gasteiger partial charge in [-0.2, -0.15) is 0 Å². The van der Waals surface area contributed by atoms with E-state index >= 15 is 0 Å². The van der Waals surface area contributed by atoms with Gasteiger partial charge in [-0.25, -0.2) is 0 Å². The van der Waals surface area contributed by atoms with E-state index in [1.807, 2.05) is 27.7 Å². The summed E-state index contributed by atoms with van der Waals surface area (Å²) in [5.41, 5.74) is 3.50. The predicted molar refractivity (Wildman–Crippen MR) is 606 cm³/mol. The average Bonchev–Trinajstić information content (AvgIpc) is 1.69. The maximum absolute atomic E-state index is 2.40. The summed E-state index contributed by atoms with van der Waals surface area (Å²) in [6.45, 7) is 115. The average molecular weight is 1790 g/mol. The van der Waals surface area contributed by atoms with Gasteiger partial charge < -0.3 is 0 Å². The van der Waals surface area contributed by atoms with E-state index in [1.165, 1.54) is 257 Å². The Morgan fingerprint density at radius 1 is 0.159 bits per heavy atom. The molecule has 0 spiro atoms. The largest absolute Gasteiger partial charge is 0.0776 e. The van der Waals surface area contributed by atoms with Crippen molar-refractivity contribution >= 4 is 0 Å². The first-order valence-corrected chi connectivity index (χ1v) is 57.3. The molecule has 0 radical (unpaired) electrons.